The SMILES string of the molecule is CCCCCCCCCCCCCCCCCCc1n(-c2ccccc2)cc[n+]1CCCCCCCCCCCCCCC. The van der Waals surface area contributed by atoms with E-state index in [0.717, 1.165) is 0 Å². The standard InChI is InChI=1S/C42H75N2/c1-3-5-7-9-11-13-15-17-18-19-20-22-24-26-28-33-37-42-43(39-40-44(42)41-35-31-30-32-36-41)38-34-29-27-25-23-21-16-14-12-10-8-6-4-2/h30-32,35-36,39-40H,3-29,33-34,37-38H2,1-2H3/q+1. The van der Waals surface area contributed by atoms with Crippen molar-refractivity contribution in [2.24, 2.45) is 0 Å². The molecule has 0 amide bonds. The van der Waals surface area contributed by atoms with Crippen molar-refractivity contribution >= 4 is 0 Å². The van der Waals surface area contributed by atoms with E-state index < -0.39 is 0 Å². The summed E-state index contributed by atoms with van der Waals surface area (Å²) in [6.45, 7) is 5.79. The van der Waals surface area contributed by atoms with E-state index >= 15 is 0 Å². The second kappa shape index (κ2) is 28.9. The maximum Gasteiger partial charge on any atom is 0.261 e. The van der Waals surface area contributed by atoms with Crippen LogP contribution in [0.1, 0.15) is 206 Å². The lowest BCUT2D eigenvalue weighted by Crippen LogP contribution is -2.37. The highest BCUT2D eigenvalue weighted by atomic mass is 15.1. The Balaban J connectivity index is 1.55. The van der Waals surface area contributed by atoms with Crippen molar-refractivity contribution in [1.82, 2.24) is 4.57 Å². The first kappa shape index (κ1) is 38.6. The molecular weight excluding hydrogens is 532 g/mol. The molecule has 44 heavy (non-hydrogen) atoms. The Morgan fingerprint density at radius 2 is 0.795 bits per heavy atom. The third kappa shape index (κ3) is 19.7. The largest absolute Gasteiger partial charge is 0.261 e. The van der Waals surface area contributed by atoms with Gasteiger partial charge in [0.15, 0.2) is 0 Å². The molecule has 0 fully saturated rings. The molecule has 0 saturated heterocycles. The van der Waals surface area contributed by atoms with Crippen molar-refractivity contribution in [2.75, 3.05) is 0 Å². The Bertz CT molecular complexity index is 854. The number of rotatable bonds is 32. The van der Waals surface area contributed by atoms with Crippen molar-refractivity contribution in [2.45, 2.75) is 213 Å². The zero-order valence-electron chi connectivity index (χ0n) is 29.9. The normalized spacial score (nSPS) is 11.5. The zero-order chi connectivity index (χ0) is 31.2. The lowest BCUT2D eigenvalue weighted by atomic mass is 10.0. The van der Waals surface area contributed by atoms with Gasteiger partial charge in [-0.1, -0.05) is 199 Å². The molecule has 0 N–H and O–H groups in total. The van der Waals surface area contributed by atoms with Gasteiger partial charge < -0.3 is 0 Å². The van der Waals surface area contributed by atoms with Crippen LogP contribution in [0.2, 0.25) is 0 Å². The van der Waals surface area contributed by atoms with Crippen LogP contribution in [0.4, 0.5) is 0 Å². The molecule has 0 atom stereocenters. The van der Waals surface area contributed by atoms with E-state index in [9.17, 15) is 0 Å². The maximum absolute atomic E-state index is 2.57. The van der Waals surface area contributed by atoms with Crippen molar-refractivity contribution in [3.8, 4) is 5.69 Å². The molecule has 2 rings (SSSR count). The first-order chi connectivity index (χ1) is 21.9. The van der Waals surface area contributed by atoms with Crippen LogP contribution in [0.25, 0.3) is 5.69 Å². The van der Waals surface area contributed by atoms with Crippen molar-refractivity contribution < 1.29 is 4.57 Å². The number of aromatic nitrogens is 2. The van der Waals surface area contributed by atoms with Gasteiger partial charge in [0.05, 0.1) is 6.54 Å². The number of benzene rings is 1. The highest BCUT2D eigenvalue weighted by Gasteiger charge is 2.18. The van der Waals surface area contributed by atoms with Crippen LogP contribution >= 0.6 is 0 Å². The molecule has 1 heterocycles. The number of aryl methyl sites for hydroxylation is 1. The third-order valence-corrected chi connectivity index (χ3v) is 9.80. The van der Waals surface area contributed by atoms with Crippen LogP contribution in [-0.4, -0.2) is 4.57 Å². The van der Waals surface area contributed by atoms with Crippen LogP contribution in [0.5, 0.6) is 0 Å². The summed E-state index contributed by atoms with van der Waals surface area (Å²) in [5.74, 6) is 1.50. The van der Waals surface area contributed by atoms with Crippen molar-refractivity contribution in [3.63, 3.8) is 0 Å². The summed E-state index contributed by atoms with van der Waals surface area (Å²) in [6, 6.07) is 11.0. The number of nitrogens with zero attached hydrogens (tertiary/aromatic N) is 2. The first-order valence-electron chi connectivity index (χ1n) is 20.0. The van der Waals surface area contributed by atoms with Gasteiger partial charge in [-0.15, -0.1) is 0 Å². The van der Waals surface area contributed by atoms with Gasteiger partial charge in [0, 0.05) is 6.42 Å². The summed E-state index contributed by atoms with van der Waals surface area (Å²) in [6.07, 6.45) is 47.2. The molecule has 0 unspecified atom stereocenters. The fourth-order valence-electron chi connectivity index (χ4n) is 6.88. The molecule has 0 aliphatic heterocycles. The molecule has 0 aliphatic rings. The van der Waals surface area contributed by atoms with Gasteiger partial charge >= 0.3 is 0 Å². The number of hydrogen-bond acceptors (Lipinski definition) is 0. The van der Waals surface area contributed by atoms with Gasteiger partial charge in [0.2, 0.25) is 0 Å². The summed E-state index contributed by atoms with van der Waals surface area (Å²) >= 11 is 0. The fourth-order valence-corrected chi connectivity index (χ4v) is 6.88. The first-order valence-corrected chi connectivity index (χ1v) is 20.0. The quantitative estimate of drug-likeness (QED) is 0.0578. The van der Waals surface area contributed by atoms with E-state index in [1.165, 1.54) is 211 Å². The molecule has 0 aliphatic carbocycles. The molecule has 2 nitrogen and oxygen atoms in total. The van der Waals surface area contributed by atoms with Gasteiger partial charge in [0.25, 0.3) is 5.82 Å². The number of imidazole rings is 1. The minimum Gasteiger partial charge on any atom is -0.234 e. The van der Waals surface area contributed by atoms with Crippen LogP contribution in [0.15, 0.2) is 42.7 Å². The highest BCUT2D eigenvalue weighted by Crippen LogP contribution is 2.17. The molecule has 0 saturated carbocycles. The predicted molar refractivity (Wildman–Crippen MR) is 195 cm³/mol. The lowest BCUT2D eigenvalue weighted by molar-refractivity contribution is -0.704. The van der Waals surface area contributed by atoms with Crippen LogP contribution < -0.4 is 4.57 Å². The van der Waals surface area contributed by atoms with Crippen molar-refractivity contribution in [3.05, 3.63) is 48.5 Å². The molecule has 1 aromatic carbocycles. The molecule has 0 bridgehead atoms. The Labute approximate surface area is 275 Å². The molecular formula is C42H75N2+. The van der Waals surface area contributed by atoms with E-state index in [1.807, 2.05) is 0 Å². The van der Waals surface area contributed by atoms with E-state index in [-0.39, 0.29) is 0 Å². The number of para-hydroxylation sites is 1. The summed E-state index contributed by atoms with van der Waals surface area (Å²) < 4.78 is 5.02. The summed E-state index contributed by atoms with van der Waals surface area (Å²) in [5, 5.41) is 0. The van der Waals surface area contributed by atoms with E-state index in [0.29, 0.717) is 0 Å². The molecule has 1 aromatic heterocycles. The summed E-state index contributed by atoms with van der Waals surface area (Å²) in [5.41, 5.74) is 1.31. The minimum atomic E-state index is 1.17. The number of unbranched alkanes of at least 4 members (excludes halogenated alkanes) is 27. The van der Waals surface area contributed by atoms with E-state index in [4.69, 9.17) is 0 Å². The van der Waals surface area contributed by atoms with Gasteiger partial charge in [-0.05, 0) is 31.4 Å². The number of hydrogen-bond donors (Lipinski definition) is 0. The topological polar surface area (TPSA) is 8.81 Å². The molecule has 0 spiro atoms. The van der Waals surface area contributed by atoms with E-state index in [1.54, 1.807) is 0 Å². The van der Waals surface area contributed by atoms with Crippen LogP contribution in [0, 0.1) is 0 Å². The third-order valence-electron chi connectivity index (χ3n) is 9.80. The summed E-state index contributed by atoms with van der Waals surface area (Å²) in [4.78, 5) is 0. The fraction of sp³-hybridized carbons (Fsp3) is 0.786. The Hall–Kier alpha value is -1.57. The minimum absolute atomic E-state index is 1.17. The smallest absolute Gasteiger partial charge is 0.234 e. The Kier molecular flexibility index (Phi) is 25.3. The average molecular weight is 608 g/mol. The van der Waals surface area contributed by atoms with Crippen LogP contribution in [-0.2, 0) is 13.0 Å². The molecule has 2 aromatic rings. The van der Waals surface area contributed by atoms with E-state index in [2.05, 4.69) is 65.7 Å². The Morgan fingerprint density at radius 1 is 0.432 bits per heavy atom. The monoisotopic (exact) mass is 608 g/mol. The Morgan fingerprint density at radius 3 is 1.20 bits per heavy atom. The van der Waals surface area contributed by atoms with Crippen molar-refractivity contribution in [1.29, 1.82) is 0 Å². The molecule has 2 heteroatoms. The van der Waals surface area contributed by atoms with Gasteiger partial charge in [-0.2, -0.15) is 4.57 Å². The lowest BCUT2D eigenvalue weighted by Gasteiger charge is -2.07. The van der Waals surface area contributed by atoms with Gasteiger partial charge in [-0.25, -0.2) is 4.57 Å². The second-order valence-corrected chi connectivity index (χ2v) is 13.9. The molecule has 252 valence electrons. The van der Waals surface area contributed by atoms with Gasteiger partial charge in [0.1, 0.15) is 18.1 Å². The molecule has 0 radical (unpaired) electrons. The van der Waals surface area contributed by atoms with Gasteiger partial charge in [-0.3, -0.25) is 0 Å². The van der Waals surface area contributed by atoms with Crippen LogP contribution in [0.3, 0.4) is 0 Å². The average Bonchev–Trinajstić information content (AvgIpc) is 3.45. The predicted octanol–water partition coefficient (Wildman–Crippen LogP) is 13.7. The summed E-state index contributed by atoms with van der Waals surface area (Å²) in [7, 11) is 0. The zero-order valence-corrected chi connectivity index (χ0v) is 29.9. The second-order valence-electron chi connectivity index (χ2n) is 13.9. The highest BCUT2D eigenvalue weighted by molar-refractivity contribution is 5.31. The maximum atomic E-state index is 2.57.